The smallest absolute Gasteiger partial charge is 0.309 e. The van der Waals surface area contributed by atoms with Gasteiger partial charge in [-0.15, -0.1) is 11.3 Å². The number of nitrogens with zero attached hydrogens (tertiary/aromatic N) is 1. The summed E-state index contributed by atoms with van der Waals surface area (Å²) in [5.74, 6) is -0.430. The molecule has 1 unspecified atom stereocenters. The highest BCUT2D eigenvalue weighted by atomic mass is 32.2. The number of thiazole rings is 1. The number of rotatable bonds is 10. The number of carboxylic acid groups (broad SMARTS) is 1. The number of thioether (sulfide) groups is 1. The maximum atomic E-state index is 10.5. The number of aliphatic carboxylic acids is 1. The number of carboxylic acids is 1. The minimum absolute atomic E-state index is 0.0697. The molecule has 1 aromatic rings. The molecule has 19 heavy (non-hydrogen) atoms. The highest BCUT2D eigenvalue weighted by molar-refractivity contribution is 8.01. The van der Waals surface area contributed by atoms with Crippen LogP contribution in [0.15, 0.2) is 9.72 Å². The van der Waals surface area contributed by atoms with Gasteiger partial charge in [-0.05, 0) is 0 Å². The predicted octanol–water partition coefficient (Wildman–Crippen LogP) is 0.886. The molecule has 0 spiro atoms. The normalized spacial score (nSPS) is 12.5. The number of aromatic nitrogens is 1. The molecule has 0 aliphatic heterocycles. The Bertz CT molecular complexity index is 385. The maximum absolute atomic E-state index is 10.5. The van der Waals surface area contributed by atoms with Crippen LogP contribution in [0.4, 0.5) is 0 Å². The van der Waals surface area contributed by atoms with Gasteiger partial charge in [0.1, 0.15) is 4.34 Å². The highest BCUT2D eigenvalue weighted by Gasteiger charge is 2.09. The quantitative estimate of drug-likeness (QED) is 0.490. The summed E-state index contributed by atoms with van der Waals surface area (Å²) in [6.07, 6.45) is -0.645. The Balaban J connectivity index is 2.20. The fourth-order valence-electron chi connectivity index (χ4n) is 1.17. The van der Waals surface area contributed by atoms with Crippen LogP contribution in [-0.2, 0) is 20.7 Å². The fourth-order valence-corrected chi connectivity index (χ4v) is 2.94. The van der Waals surface area contributed by atoms with Gasteiger partial charge in [-0.3, -0.25) is 4.79 Å². The Morgan fingerprint density at radius 1 is 1.58 bits per heavy atom. The number of hydrogen-bond donors (Lipinski definition) is 2. The van der Waals surface area contributed by atoms with Gasteiger partial charge < -0.3 is 19.7 Å². The molecule has 0 radical (unpaired) electrons. The second-order valence-electron chi connectivity index (χ2n) is 3.71. The maximum Gasteiger partial charge on any atom is 0.309 e. The molecule has 1 rings (SSSR count). The molecule has 1 aromatic heterocycles. The number of methoxy groups -OCH3 is 1. The Morgan fingerprint density at radius 2 is 2.37 bits per heavy atom. The third-order valence-corrected chi connectivity index (χ3v) is 4.22. The zero-order chi connectivity index (χ0) is 14.1. The number of carbonyl (C=O) groups is 1. The van der Waals surface area contributed by atoms with E-state index in [-0.39, 0.29) is 13.0 Å². The number of ether oxygens (including phenoxy) is 2. The summed E-state index contributed by atoms with van der Waals surface area (Å²) in [6, 6.07) is 0. The molecule has 0 amide bonds. The van der Waals surface area contributed by atoms with Gasteiger partial charge in [0, 0.05) is 18.2 Å². The Morgan fingerprint density at radius 3 is 3.05 bits per heavy atom. The van der Waals surface area contributed by atoms with Crippen LogP contribution >= 0.6 is 23.1 Å². The van der Waals surface area contributed by atoms with Gasteiger partial charge in [0.2, 0.25) is 0 Å². The molecule has 0 fully saturated rings. The van der Waals surface area contributed by atoms with Crippen LogP contribution in [-0.4, -0.2) is 60.0 Å². The van der Waals surface area contributed by atoms with E-state index in [1.165, 1.54) is 23.1 Å². The molecular weight excluding hydrogens is 290 g/mol. The van der Waals surface area contributed by atoms with Crippen LogP contribution < -0.4 is 0 Å². The van der Waals surface area contributed by atoms with Crippen molar-refractivity contribution in [2.45, 2.75) is 16.9 Å². The first kappa shape index (κ1) is 16.4. The van der Waals surface area contributed by atoms with Crippen molar-refractivity contribution < 1.29 is 24.5 Å². The average molecular weight is 307 g/mol. The third-order valence-electron chi connectivity index (χ3n) is 2.00. The number of aliphatic hydroxyl groups excluding tert-OH is 1. The molecule has 0 saturated carbocycles. The summed E-state index contributed by atoms with van der Waals surface area (Å²) in [7, 11) is 1.59. The zero-order valence-electron chi connectivity index (χ0n) is 10.6. The van der Waals surface area contributed by atoms with Crippen LogP contribution in [0.2, 0.25) is 0 Å². The van der Waals surface area contributed by atoms with Crippen molar-refractivity contribution in [3.63, 3.8) is 0 Å². The van der Waals surface area contributed by atoms with E-state index in [2.05, 4.69) is 4.98 Å². The van der Waals surface area contributed by atoms with Crippen LogP contribution in [0.5, 0.6) is 0 Å². The third kappa shape index (κ3) is 7.48. The van der Waals surface area contributed by atoms with Crippen LogP contribution in [0.1, 0.15) is 5.69 Å². The van der Waals surface area contributed by atoms with E-state index >= 15 is 0 Å². The lowest BCUT2D eigenvalue weighted by atomic mass is 10.3. The zero-order valence-corrected chi connectivity index (χ0v) is 12.2. The molecule has 0 aliphatic rings. The summed E-state index contributed by atoms with van der Waals surface area (Å²) in [6.45, 7) is 1.22. The van der Waals surface area contributed by atoms with Gasteiger partial charge in [0.05, 0.1) is 38.0 Å². The standard InChI is InChI=1S/C11H17NO5S2/c1-16-2-3-17-5-9(13)7-19-11-12-8(6-18-11)4-10(14)15/h6,9,13H,2-5,7H2,1H3,(H,14,15). The van der Waals surface area contributed by atoms with E-state index in [1.807, 2.05) is 0 Å². The van der Waals surface area contributed by atoms with E-state index in [1.54, 1.807) is 12.5 Å². The summed E-state index contributed by atoms with van der Waals surface area (Å²) < 4.78 is 10.8. The minimum Gasteiger partial charge on any atom is -0.481 e. The van der Waals surface area contributed by atoms with Crippen molar-refractivity contribution in [2.24, 2.45) is 0 Å². The second kappa shape index (κ2) is 9.27. The predicted molar refractivity (Wildman–Crippen MR) is 72.9 cm³/mol. The van der Waals surface area contributed by atoms with Crippen molar-refractivity contribution in [2.75, 3.05) is 32.7 Å². The minimum atomic E-state index is -0.895. The lowest BCUT2D eigenvalue weighted by Gasteiger charge is -2.09. The SMILES string of the molecule is COCCOCC(O)CSc1nc(CC(=O)O)cs1. The van der Waals surface area contributed by atoms with E-state index in [0.29, 0.717) is 24.7 Å². The monoisotopic (exact) mass is 307 g/mol. The van der Waals surface area contributed by atoms with Crippen molar-refractivity contribution in [3.05, 3.63) is 11.1 Å². The Kier molecular flexibility index (Phi) is 7.99. The van der Waals surface area contributed by atoms with Crippen LogP contribution in [0.25, 0.3) is 0 Å². The first-order valence-electron chi connectivity index (χ1n) is 5.65. The molecular formula is C11H17NO5S2. The molecule has 1 heterocycles. The number of aliphatic hydroxyl groups is 1. The fraction of sp³-hybridized carbons (Fsp3) is 0.636. The van der Waals surface area contributed by atoms with Crippen molar-refractivity contribution in [1.82, 2.24) is 4.98 Å². The molecule has 108 valence electrons. The lowest BCUT2D eigenvalue weighted by molar-refractivity contribution is -0.136. The molecule has 8 heteroatoms. The molecule has 0 aromatic carbocycles. The Hall–Kier alpha value is -0.670. The van der Waals surface area contributed by atoms with Gasteiger partial charge >= 0.3 is 5.97 Å². The van der Waals surface area contributed by atoms with Crippen LogP contribution in [0, 0.1) is 0 Å². The van der Waals surface area contributed by atoms with Crippen molar-refractivity contribution in [3.8, 4) is 0 Å². The number of hydrogen-bond acceptors (Lipinski definition) is 7. The molecule has 1 atom stereocenters. The largest absolute Gasteiger partial charge is 0.481 e. The van der Waals surface area contributed by atoms with Gasteiger partial charge in [0.15, 0.2) is 0 Å². The van der Waals surface area contributed by atoms with Crippen LogP contribution in [0.3, 0.4) is 0 Å². The summed E-state index contributed by atoms with van der Waals surface area (Å²) >= 11 is 2.78. The van der Waals surface area contributed by atoms with Crippen molar-refractivity contribution >= 4 is 29.1 Å². The first-order valence-corrected chi connectivity index (χ1v) is 7.52. The summed E-state index contributed by atoms with van der Waals surface area (Å²) in [5, 5.41) is 20.0. The molecule has 2 N–H and O–H groups in total. The van der Waals surface area contributed by atoms with Gasteiger partial charge in [-0.2, -0.15) is 0 Å². The topological polar surface area (TPSA) is 88.9 Å². The highest BCUT2D eigenvalue weighted by Crippen LogP contribution is 2.23. The van der Waals surface area contributed by atoms with E-state index in [4.69, 9.17) is 14.6 Å². The van der Waals surface area contributed by atoms with Gasteiger partial charge in [0.25, 0.3) is 0 Å². The molecule has 0 aliphatic carbocycles. The first-order chi connectivity index (χ1) is 9.11. The average Bonchev–Trinajstić information content (AvgIpc) is 2.79. The summed E-state index contributed by atoms with van der Waals surface area (Å²) in [5.41, 5.74) is 0.547. The lowest BCUT2D eigenvalue weighted by Crippen LogP contribution is -2.19. The summed E-state index contributed by atoms with van der Waals surface area (Å²) in [4.78, 5) is 14.7. The molecule has 0 saturated heterocycles. The van der Waals surface area contributed by atoms with E-state index in [0.717, 1.165) is 4.34 Å². The molecule has 0 bridgehead atoms. The van der Waals surface area contributed by atoms with Gasteiger partial charge in [-0.1, -0.05) is 11.8 Å². The van der Waals surface area contributed by atoms with Gasteiger partial charge in [-0.25, -0.2) is 4.98 Å². The Labute approximate surface area is 119 Å². The van der Waals surface area contributed by atoms with E-state index in [9.17, 15) is 9.90 Å². The van der Waals surface area contributed by atoms with Crippen molar-refractivity contribution in [1.29, 1.82) is 0 Å². The second-order valence-corrected chi connectivity index (χ2v) is 5.83. The molecule has 6 nitrogen and oxygen atoms in total. The van der Waals surface area contributed by atoms with E-state index < -0.39 is 12.1 Å².